The van der Waals surface area contributed by atoms with E-state index in [1.807, 2.05) is 34.8 Å². The summed E-state index contributed by atoms with van der Waals surface area (Å²) in [5.74, 6) is 0. The zero-order chi connectivity index (χ0) is 84.8. The van der Waals surface area contributed by atoms with Crippen LogP contribution in [0.15, 0.2) is 496 Å². The molecule has 0 saturated carbocycles. The summed E-state index contributed by atoms with van der Waals surface area (Å²) in [7, 11) is 0. The van der Waals surface area contributed by atoms with Crippen molar-refractivity contribution in [1.82, 2.24) is 4.57 Å². The summed E-state index contributed by atoms with van der Waals surface area (Å²) in [6.07, 6.45) is 0. The monoisotopic (exact) mass is 1670 g/mol. The Bertz CT molecular complexity index is 7920. The molecule has 0 bridgehead atoms. The highest BCUT2D eigenvalue weighted by molar-refractivity contribution is 7.26. The summed E-state index contributed by atoms with van der Waals surface area (Å²) >= 11 is 3.70. The molecular weight excluding hydrogens is 1590 g/mol. The van der Waals surface area contributed by atoms with Gasteiger partial charge in [-0.2, -0.15) is 0 Å². The highest BCUT2D eigenvalue weighted by Gasteiger charge is 2.25. The molecule has 0 fully saturated rings. The maximum absolute atomic E-state index is 6.28. The molecule has 0 atom stereocenters. The average Bonchev–Trinajstić information content (AvgIpc) is 1.57. The minimum Gasteiger partial charge on any atom is -0.456 e. The van der Waals surface area contributed by atoms with Crippen LogP contribution in [-0.4, -0.2) is 4.57 Å². The molecule has 0 aliphatic rings. The lowest BCUT2D eigenvalue weighted by molar-refractivity contribution is 0.669. The number of thiophene rings is 2. The quantitative estimate of drug-likeness (QED) is 0.0855. The fraction of sp³-hybridized carbons (Fsp3) is 0. The Kier molecular flexibility index (Phi) is 19.9. The molecule has 0 aliphatic carbocycles. The Balaban J connectivity index is 0.000000149. The Hall–Kier alpha value is -16.4. The summed E-state index contributed by atoms with van der Waals surface area (Å²) in [4.78, 5) is 9.40. The third kappa shape index (κ3) is 14.5. The van der Waals surface area contributed by atoms with Gasteiger partial charge in [0.05, 0.1) is 16.7 Å². The molecule has 0 aliphatic heterocycles. The van der Waals surface area contributed by atoms with Gasteiger partial charge < -0.3 is 28.6 Å². The number of rotatable bonds is 18. The first-order valence-electron chi connectivity index (χ1n) is 43.4. The van der Waals surface area contributed by atoms with E-state index in [1.165, 1.54) is 112 Å². The summed E-state index contributed by atoms with van der Waals surface area (Å²) < 4.78 is 13.9. The lowest BCUT2D eigenvalue weighted by atomic mass is 9.98. The maximum Gasteiger partial charge on any atom is 0.137 e. The first-order chi connectivity index (χ1) is 63.4. The van der Waals surface area contributed by atoms with Crippen LogP contribution in [0.2, 0.25) is 0 Å². The molecule has 0 amide bonds. The van der Waals surface area contributed by atoms with E-state index in [-0.39, 0.29) is 0 Å². The standard InChI is InChI=1S/C66H45N3S.C54H36N2OS/c1-4-16-46(17-5-1)47-30-38-55(39-31-47)68(62-27-15-28-63-66(62)59-25-10-12-26-61(59)69(63)53-22-8-3-9-23-53)56-40-34-49(35-41-56)51-19-14-18-50(44-51)48-32-36-54(37-33-48)67(52-20-6-2-7-21-52)57-42-43-65-60(45-57)58-24-11-13-29-64(58)70-65;1-3-11-41(12-4-1)55(45-31-33-48-47-15-7-9-17-51(47)57-52(48)35-45)43-27-23-39(24-28-43)37-19-21-38(22-20-37)40-25-29-44(30-26-40)56(42-13-5-2-6-14-42)46-32-34-50-49-16-8-10-18-53(49)58-54(50)36-46/h1-45H;1-36H. The minimum atomic E-state index is 0.879. The molecule has 8 heteroatoms. The first-order valence-corrected chi connectivity index (χ1v) is 45.0. The van der Waals surface area contributed by atoms with Crippen LogP contribution >= 0.6 is 22.7 Å². The summed E-state index contributed by atoms with van der Waals surface area (Å²) in [5.41, 5.74) is 30.3. The number of fused-ring (bicyclic) bond motifs is 12. The fourth-order valence-electron chi connectivity index (χ4n) is 18.5. The van der Waals surface area contributed by atoms with Crippen molar-refractivity contribution < 1.29 is 4.42 Å². The van der Waals surface area contributed by atoms with Crippen LogP contribution in [0.4, 0.5) is 68.2 Å². The highest BCUT2D eigenvalue weighted by Crippen LogP contribution is 2.49. The number of para-hydroxylation sites is 6. The van der Waals surface area contributed by atoms with E-state index in [4.69, 9.17) is 4.42 Å². The molecule has 0 radical (unpaired) electrons. The minimum absolute atomic E-state index is 0.879. The third-order valence-electron chi connectivity index (χ3n) is 24.6. The maximum atomic E-state index is 6.28. The zero-order valence-electron chi connectivity index (χ0n) is 69.7. The van der Waals surface area contributed by atoms with Crippen LogP contribution in [0, 0.1) is 0 Å². The molecule has 6 nitrogen and oxygen atoms in total. The zero-order valence-corrected chi connectivity index (χ0v) is 71.4. The van der Waals surface area contributed by atoms with Crippen LogP contribution < -0.4 is 19.6 Å². The molecule has 604 valence electrons. The molecule has 0 saturated heterocycles. The van der Waals surface area contributed by atoms with E-state index in [0.29, 0.717) is 0 Å². The molecule has 24 aromatic rings. The summed E-state index contributed by atoms with van der Waals surface area (Å²) in [5, 5.41) is 9.89. The topological polar surface area (TPSA) is 31.0 Å². The van der Waals surface area contributed by atoms with Gasteiger partial charge in [-0.15, -0.1) is 22.7 Å². The van der Waals surface area contributed by atoms with Gasteiger partial charge in [0.25, 0.3) is 0 Å². The SMILES string of the molecule is c1ccc(-c2ccc(N(c3ccc(-c4cccc(-c5ccc(N(c6ccccc6)c6ccc7sc8ccccc8c7c6)cc5)c4)cc3)c3cccc4c3c3ccccc3n4-c3ccccc3)cc2)cc1.c1ccc(N(c2ccc(-c3ccc(-c4ccc(N(c5ccccc5)c5ccc6c(c5)sc5ccccc56)cc4)cc3)cc2)c2ccc3c(c2)oc2ccccc23)cc1. The van der Waals surface area contributed by atoms with Crippen molar-refractivity contribution in [1.29, 1.82) is 0 Å². The molecule has 0 spiro atoms. The number of nitrogens with zero attached hydrogens (tertiary/aromatic N) is 5. The third-order valence-corrected chi connectivity index (χ3v) is 26.9. The Labute approximate surface area is 750 Å². The number of furan rings is 1. The van der Waals surface area contributed by atoms with Crippen molar-refractivity contribution in [3.63, 3.8) is 0 Å². The van der Waals surface area contributed by atoms with Gasteiger partial charge in [0.1, 0.15) is 11.2 Å². The van der Waals surface area contributed by atoms with Crippen LogP contribution in [0.3, 0.4) is 0 Å². The Morgan fingerprint density at radius 2 is 0.492 bits per heavy atom. The second kappa shape index (κ2) is 33.4. The molecular formula is C120H81N5OS2. The van der Waals surface area contributed by atoms with Crippen molar-refractivity contribution in [2.75, 3.05) is 19.6 Å². The van der Waals surface area contributed by atoms with Gasteiger partial charge >= 0.3 is 0 Å². The Morgan fingerprint density at radius 3 is 1.02 bits per heavy atom. The second-order valence-electron chi connectivity index (χ2n) is 32.3. The van der Waals surface area contributed by atoms with Crippen molar-refractivity contribution in [3.8, 4) is 61.3 Å². The average molecular weight is 1670 g/mol. The van der Waals surface area contributed by atoms with Crippen molar-refractivity contribution >= 4 is 175 Å². The van der Waals surface area contributed by atoms with Gasteiger partial charge in [0, 0.05) is 136 Å². The highest BCUT2D eigenvalue weighted by atomic mass is 32.1. The smallest absolute Gasteiger partial charge is 0.137 e. The molecule has 0 N–H and O–H groups in total. The molecule has 0 unspecified atom stereocenters. The first kappa shape index (κ1) is 76.5. The van der Waals surface area contributed by atoms with Crippen molar-refractivity contribution in [2.24, 2.45) is 0 Å². The predicted molar refractivity (Wildman–Crippen MR) is 546 cm³/mol. The van der Waals surface area contributed by atoms with E-state index < -0.39 is 0 Å². The van der Waals surface area contributed by atoms with Gasteiger partial charge in [-0.25, -0.2) is 0 Å². The van der Waals surface area contributed by atoms with E-state index in [1.54, 1.807) is 0 Å². The number of aromatic nitrogens is 1. The number of anilines is 12. The van der Waals surface area contributed by atoms with Crippen LogP contribution in [0.25, 0.3) is 145 Å². The second-order valence-corrected chi connectivity index (χ2v) is 34.5. The normalized spacial score (nSPS) is 11.4. The molecule has 128 heavy (non-hydrogen) atoms. The van der Waals surface area contributed by atoms with Crippen molar-refractivity contribution in [3.05, 3.63) is 491 Å². The fourth-order valence-corrected chi connectivity index (χ4v) is 20.7. The van der Waals surface area contributed by atoms with Gasteiger partial charge in [-0.05, 0) is 250 Å². The molecule has 4 aromatic heterocycles. The van der Waals surface area contributed by atoms with E-state index in [0.717, 1.165) is 101 Å². The van der Waals surface area contributed by atoms with Crippen molar-refractivity contribution in [2.45, 2.75) is 0 Å². The summed E-state index contributed by atoms with van der Waals surface area (Å²) in [6.45, 7) is 0. The predicted octanol–water partition coefficient (Wildman–Crippen LogP) is 35.3. The van der Waals surface area contributed by atoms with Gasteiger partial charge in [0.2, 0.25) is 0 Å². The molecule has 24 rings (SSSR count). The number of hydrogen-bond acceptors (Lipinski definition) is 7. The van der Waals surface area contributed by atoms with Gasteiger partial charge in [-0.1, -0.05) is 291 Å². The molecule has 4 heterocycles. The summed E-state index contributed by atoms with van der Waals surface area (Å²) in [6, 6.07) is 177. The number of benzene rings is 20. The van der Waals surface area contributed by atoms with E-state index >= 15 is 0 Å². The van der Waals surface area contributed by atoms with Gasteiger partial charge in [0.15, 0.2) is 0 Å². The van der Waals surface area contributed by atoms with E-state index in [9.17, 15) is 0 Å². The molecule has 20 aromatic carbocycles. The van der Waals surface area contributed by atoms with E-state index in [2.05, 4.69) is 503 Å². The lowest BCUT2D eigenvalue weighted by Crippen LogP contribution is -2.10. The van der Waals surface area contributed by atoms with Gasteiger partial charge in [-0.3, -0.25) is 0 Å². The largest absolute Gasteiger partial charge is 0.456 e. The lowest BCUT2D eigenvalue weighted by Gasteiger charge is -2.27. The number of hydrogen-bond donors (Lipinski definition) is 0. The van der Waals surface area contributed by atoms with Crippen LogP contribution in [-0.2, 0) is 0 Å². The Morgan fingerprint density at radius 1 is 0.172 bits per heavy atom. The van der Waals surface area contributed by atoms with Crippen LogP contribution in [0.1, 0.15) is 0 Å². The van der Waals surface area contributed by atoms with Crippen LogP contribution in [0.5, 0.6) is 0 Å².